The van der Waals surface area contributed by atoms with Gasteiger partial charge in [0.1, 0.15) is 0 Å². The van der Waals surface area contributed by atoms with Crippen molar-refractivity contribution in [2.75, 3.05) is 20.6 Å². The lowest BCUT2D eigenvalue weighted by molar-refractivity contribution is 0.0944. The fourth-order valence-electron chi connectivity index (χ4n) is 2.77. The van der Waals surface area contributed by atoms with Crippen molar-refractivity contribution >= 4 is 15.9 Å². The average Bonchev–Trinajstić information content (AvgIpc) is 3.04. The molecule has 0 atom stereocenters. The molecule has 1 aliphatic heterocycles. The van der Waals surface area contributed by atoms with Crippen LogP contribution in [0.4, 0.5) is 0 Å². The average molecular weight is 363 g/mol. The van der Waals surface area contributed by atoms with Crippen LogP contribution in [0.15, 0.2) is 29.2 Å². The van der Waals surface area contributed by atoms with Gasteiger partial charge in [-0.05, 0) is 11.6 Å². The van der Waals surface area contributed by atoms with Crippen LogP contribution in [0.3, 0.4) is 0 Å². The van der Waals surface area contributed by atoms with Gasteiger partial charge in [0.05, 0.1) is 4.90 Å². The molecular weight excluding hydrogens is 342 g/mol. The number of H-pyrrole nitrogens is 1. The van der Waals surface area contributed by atoms with Gasteiger partial charge in [0.15, 0.2) is 5.69 Å². The lowest BCUT2D eigenvalue weighted by Gasteiger charge is -2.16. The molecule has 25 heavy (non-hydrogen) atoms. The molecule has 1 aliphatic rings. The van der Waals surface area contributed by atoms with E-state index in [1.165, 1.54) is 20.2 Å². The number of hydrogen-bond acceptors (Lipinski definition) is 5. The Hall–Kier alpha value is -2.23. The summed E-state index contributed by atoms with van der Waals surface area (Å²) in [6.07, 6.45) is 0.805. The number of sulfonamides is 1. The van der Waals surface area contributed by atoms with Gasteiger partial charge in [-0.15, -0.1) is 0 Å². The van der Waals surface area contributed by atoms with Crippen LogP contribution in [0.5, 0.6) is 0 Å². The summed E-state index contributed by atoms with van der Waals surface area (Å²) in [5, 5.41) is 13.0. The first-order valence-electron chi connectivity index (χ1n) is 7.96. The van der Waals surface area contributed by atoms with E-state index >= 15 is 0 Å². The molecule has 1 aromatic carbocycles. The van der Waals surface area contributed by atoms with E-state index in [-0.39, 0.29) is 17.3 Å². The van der Waals surface area contributed by atoms with E-state index in [1.54, 1.807) is 18.2 Å². The summed E-state index contributed by atoms with van der Waals surface area (Å²) in [5.41, 5.74) is 2.74. The van der Waals surface area contributed by atoms with Crippen molar-refractivity contribution in [1.82, 2.24) is 25.1 Å². The fourth-order valence-corrected chi connectivity index (χ4v) is 3.89. The largest absolute Gasteiger partial charge is 0.347 e. The van der Waals surface area contributed by atoms with E-state index in [2.05, 4.69) is 20.8 Å². The van der Waals surface area contributed by atoms with Crippen LogP contribution < -0.4 is 10.6 Å². The quantitative estimate of drug-likeness (QED) is 0.705. The minimum Gasteiger partial charge on any atom is -0.347 e. The smallest absolute Gasteiger partial charge is 0.272 e. The maximum atomic E-state index is 12.5. The normalized spacial score (nSPS) is 14.4. The van der Waals surface area contributed by atoms with E-state index in [0.29, 0.717) is 17.8 Å². The zero-order valence-corrected chi connectivity index (χ0v) is 15.0. The number of nitrogens with one attached hydrogen (secondary N) is 3. The molecule has 0 spiro atoms. The maximum absolute atomic E-state index is 12.5. The van der Waals surface area contributed by atoms with Crippen molar-refractivity contribution in [3.63, 3.8) is 0 Å². The monoisotopic (exact) mass is 363 g/mol. The van der Waals surface area contributed by atoms with Crippen LogP contribution in [0.25, 0.3) is 0 Å². The van der Waals surface area contributed by atoms with Gasteiger partial charge in [-0.1, -0.05) is 18.2 Å². The molecule has 8 nitrogen and oxygen atoms in total. The van der Waals surface area contributed by atoms with Crippen molar-refractivity contribution in [2.24, 2.45) is 0 Å². The SMILES string of the molecule is CN(C)S(=O)(=O)c1ccccc1CNC(=O)c1n[nH]c2c1CNCC2. The highest BCUT2D eigenvalue weighted by Crippen LogP contribution is 2.19. The molecule has 2 heterocycles. The van der Waals surface area contributed by atoms with Gasteiger partial charge in [-0.2, -0.15) is 5.10 Å². The van der Waals surface area contributed by atoms with E-state index in [0.717, 1.165) is 28.5 Å². The maximum Gasteiger partial charge on any atom is 0.272 e. The summed E-state index contributed by atoms with van der Waals surface area (Å²) in [7, 11) is -0.614. The standard InChI is InChI=1S/C16H21N5O3S/c1-21(2)25(23,24)14-6-4-3-5-11(14)9-18-16(22)15-12-10-17-8-7-13(12)19-20-15/h3-6,17H,7-10H2,1-2H3,(H,18,22)(H,19,20). The van der Waals surface area contributed by atoms with Gasteiger partial charge in [0.2, 0.25) is 10.0 Å². The zero-order valence-electron chi connectivity index (χ0n) is 14.2. The number of nitrogens with zero attached hydrogens (tertiary/aromatic N) is 2. The lowest BCUT2D eigenvalue weighted by Crippen LogP contribution is -2.29. The van der Waals surface area contributed by atoms with Crippen molar-refractivity contribution in [2.45, 2.75) is 24.4 Å². The van der Waals surface area contributed by atoms with Crippen molar-refractivity contribution in [1.29, 1.82) is 0 Å². The van der Waals surface area contributed by atoms with Gasteiger partial charge in [0.25, 0.3) is 5.91 Å². The molecule has 3 N–H and O–H groups in total. The Kier molecular flexibility index (Phi) is 4.89. The van der Waals surface area contributed by atoms with Crippen LogP contribution in [0.1, 0.15) is 27.3 Å². The third-order valence-electron chi connectivity index (χ3n) is 4.19. The molecule has 0 aliphatic carbocycles. The molecule has 0 bridgehead atoms. The molecule has 134 valence electrons. The first kappa shape index (κ1) is 17.6. The molecule has 9 heteroatoms. The topological polar surface area (TPSA) is 107 Å². The Morgan fingerprint density at radius 1 is 1.32 bits per heavy atom. The number of aromatic amines is 1. The van der Waals surface area contributed by atoms with Gasteiger partial charge >= 0.3 is 0 Å². The number of fused-ring (bicyclic) bond motifs is 1. The van der Waals surface area contributed by atoms with Crippen molar-refractivity contribution in [3.8, 4) is 0 Å². The van der Waals surface area contributed by atoms with Gasteiger partial charge in [0, 0.05) is 51.4 Å². The van der Waals surface area contributed by atoms with Gasteiger partial charge < -0.3 is 10.6 Å². The number of carbonyl (C=O) groups is 1. The Morgan fingerprint density at radius 2 is 2.08 bits per heavy atom. The molecule has 0 saturated carbocycles. The predicted octanol–water partition coefficient (Wildman–Crippen LogP) is 0.236. The minimum atomic E-state index is -3.57. The first-order chi connectivity index (χ1) is 11.9. The predicted molar refractivity (Wildman–Crippen MR) is 92.5 cm³/mol. The summed E-state index contributed by atoms with van der Waals surface area (Å²) in [4.78, 5) is 12.7. The first-order valence-corrected chi connectivity index (χ1v) is 9.40. The number of carbonyl (C=O) groups excluding carboxylic acids is 1. The second kappa shape index (κ2) is 6.95. The Labute approximate surface area is 146 Å². The number of aromatic nitrogens is 2. The Bertz CT molecular complexity index is 889. The second-order valence-corrected chi connectivity index (χ2v) is 8.15. The highest BCUT2D eigenvalue weighted by molar-refractivity contribution is 7.89. The fraction of sp³-hybridized carbons (Fsp3) is 0.375. The van der Waals surface area contributed by atoms with Crippen LogP contribution in [-0.2, 0) is 29.5 Å². The second-order valence-electron chi connectivity index (χ2n) is 6.03. The minimum absolute atomic E-state index is 0.108. The van der Waals surface area contributed by atoms with Crippen LogP contribution in [0, 0.1) is 0 Å². The summed E-state index contributed by atoms with van der Waals surface area (Å²) in [6.45, 7) is 1.56. The zero-order chi connectivity index (χ0) is 18.0. The summed E-state index contributed by atoms with van der Waals surface area (Å²) in [6, 6.07) is 6.64. The van der Waals surface area contributed by atoms with E-state index in [1.807, 2.05) is 0 Å². The molecule has 1 aromatic heterocycles. The number of hydrogen-bond donors (Lipinski definition) is 3. The molecule has 0 unspecified atom stereocenters. The van der Waals surface area contributed by atoms with Gasteiger partial charge in [-0.25, -0.2) is 12.7 Å². The summed E-state index contributed by atoms with van der Waals surface area (Å²) < 4.78 is 26.0. The van der Waals surface area contributed by atoms with Crippen molar-refractivity contribution < 1.29 is 13.2 Å². The third kappa shape index (κ3) is 3.44. The highest BCUT2D eigenvalue weighted by Gasteiger charge is 2.23. The number of rotatable bonds is 5. The van der Waals surface area contributed by atoms with E-state index < -0.39 is 10.0 Å². The van der Waals surface area contributed by atoms with Crippen molar-refractivity contribution in [3.05, 3.63) is 46.8 Å². The van der Waals surface area contributed by atoms with E-state index in [9.17, 15) is 13.2 Å². The molecule has 0 fully saturated rings. The lowest BCUT2D eigenvalue weighted by atomic mass is 10.1. The molecule has 3 rings (SSSR count). The molecule has 2 aromatic rings. The van der Waals surface area contributed by atoms with E-state index in [4.69, 9.17) is 0 Å². The summed E-state index contributed by atoms with van der Waals surface area (Å²) >= 11 is 0. The third-order valence-corrected chi connectivity index (χ3v) is 6.11. The Balaban J connectivity index is 1.79. The molecule has 0 radical (unpaired) electrons. The van der Waals surface area contributed by atoms with Crippen LogP contribution in [-0.4, -0.2) is 49.5 Å². The van der Waals surface area contributed by atoms with Gasteiger partial charge in [-0.3, -0.25) is 9.89 Å². The highest BCUT2D eigenvalue weighted by atomic mass is 32.2. The number of benzene rings is 1. The summed E-state index contributed by atoms with van der Waals surface area (Å²) in [5.74, 6) is -0.321. The van der Waals surface area contributed by atoms with Crippen LogP contribution in [0.2, 0.25) is 0 Å². The molecular formula is C16H21N5O3S. The molecule has 1 amide bonds. The molecule has 0 saturated heterocycles. The Morgan fingerprint density at radius 3 is 2.84 bits per heavy atom. The van der Waals surface area contributed by atoms with Crippen LogP contribution >= 0.6 is 0 Å². The number of amides is 1.